The summed E-state index contributed by atoms with van der Waals surface area (Å²) in [6.45, 7) is 1.95. The third-order valence-electron chi connectivity index (χ3n) is 5.35. The maximum atomic E-state index is 14.0. The van der Waals surface area contributed by atoms with Crippen LogP contribution in [0.3, 0.4) is 0 Å². The lowest BCUT2D eigenvalue weighted by molar-refractivity contribution is -0.117. The molecule has 10 nitrogen and oxygen atoms in total. The first kappa shape index (κ1) is 23.1. The van der Waals surface area contributed by atoms with E-state index < -0.39 is 33.8 Å². The zero-order chi connectivity index (χ0) is 23.6. The second-order valence-electron chi connectivity index (χ2n) is 8.16. The van der Waals surface area contributed by atoms with Crippen molar-refractivity contribution in [1.29, 1.82) is 0 Å². The summed E-state index contributed by atoms with van der Waals surface area (Å²) in [7, 11) is -3.72. The van der Waals surface area contributed by atoms with Gasteiger partial charge in [-0.1, -0.05) is 6.07 Å². The van der Waals surface area contributed by atoms with Gasteiger partial charge in [-0.15, -0.1) is 0 Å². The molecule has 176 valence electrons. The summed E-state index contributed by atoms with van der Waals surface area (Å²) >= 11 is 0. The van der Waals surface area contributed by atoms with E-state index in [4.69, 9.17) is 4.74 Å². The fourth-order valence-electron chi connectivity index (χ4n) is 3.30. The number of aromatic nitrogens is 2. The highest BCUT2D eigenvalue weighted by molar-refractivity contribution is 7.89. The number of nitrogens with zero attached hydrogens (tertiary/aromatic N) is 3. The van der Waals surface area contributed by atoms with E-state index in [1.807, 2.05) is 0 Å². The molecular formula is C21H24FN5O5S. The number of ether oxygens (including phenoxy) is 1. The van der Waals surface area contributed by atoms with E-state index in [2.05, 4.69) is 20.0 Å². The topological polar surface area (TPSA) is 131 Å². The van der Waals surface area contributed by atoms with Crippen molar-refractivity contribution in [2.24, 2.45) is 5.92 Å². The van der Waals surface area contributed by atoms with Gasteiger partial charge in [-0.3, -0.25) is 20.0 Å². The van der Waals surface area contributed by atoms with E-state index in [-0.39, 0.29) is 30.3 Å². The molecule has 1 atom stereocenters. The fraction of sp³-hybridized carbons (Fsp3) is 0.429. The Hall–Kier alpha value is -3.12. The van der Waals surface area contributed by atoms with Gasteiger partial charge in [-0.05, 0) is 43.4 Å². The van der Waals surface area contributed by atoms with Crippen LogP contribution in [0.1, 0.15) is 37.1 Å². The van der Waals surface area contributed by atoms with Crippen molar-refractivity contribution in [3.63, 3.8) is 0 Å². The van der Waals surface area contributed by atoms with Crippen LogP contribution in [0.4, 0.5) is 15.0 Å². The summed E-state index contributed by atoms with van der Waals surface area (Å²) in [5, 5.41) is 2.14. The number of urea groups is 1. The zero-order valence-corrected chi connectivity index (χ0v) is 18.8. The number of sulfonamides is 1. The minimum Gasteiger partial charge on any atom is -0.490 e. The summed E-state index contributed by atoms with van der Waals surface area (Å²) in [5.41, 5.74) is 0.937. The Bertz CT molecular complexity index is 1170. The lowest BCUT2D eigenvalue weighted by Crippen LogP contribution is -2.30. The van der Waals surface area contributed by atoms with Crippen LogP contribution in [-0.2, 0) is 21.2 Å². The van der Waals surface area contributed by atoms with Gasteiger partial charge in [0.05, 0.1) is 24.3 Å². The SMILES string of the molecule is C[C@@H](NS(=O)(=O)CCc1cncc(N2CC(=O)NC2=O)n1)c1ccc(F)c(OCC2CC2)c1. The summed E-state index contributed by atoms with van der Waals surface area (Å²) in [4.78, 5) is 32.5. The molecular weight excluding hydrogens is 453 g/mol. The highest BCUT2D eigenvalue weighted by Gasteiger charge is 2.29. The standard InChI is InChI=1S/C21H24FN5O5S/c1-13(15-4-5-17(22)18(8-15)32-12-14-2-3-14)26-33(30,31)7-6-16-9-23-10-19(24-16)27-11-20(28)25-21(27)29/h4-5,8-10,13-14,26H,2-3,6-7,11-12H2,1H3,(H,25,28,29)/t13-/m1/s1. The average Bonchev–Trinajstić information content (AvgIpc) is 3.53. The molecule has 0 bridgehead atoms. The van der Waals surface area contributed by atoms with Gasteiger partial charge in [0.1, 0.15) is 6.54 Å². The van der Waals surface area contributed by atoms with E-state index in [0.29, 0.717) is 23.8 Å². The molecule has 33 heavy (non-hydrogen) atoms. The van der Waals surface area contributed by atoms with E-state index >= 15 is 0 Å². The Balaban J connectivity index is 1.36. The smallest absolute Gasteiger partial charge is 0.330 e. The molecule has 1 aromatic heterocycles. The minimum absolute atomic E-state index is 0.0471. The molecule has 1 aliphatic heterocycles. The van der Waals surface area contributed by atoms with Gasteiger partial charge in [0.25, 0.3) is 0 Å². The highest BCUT2D eigenvalue weighted by Crippen LogP contribution is 2.31. The van der Waals surface area contributed by atoms with Crippen LogP contribution in [0.2, 0.25) is 0 Å². The van der Waals surface area contributed by atoms with E-state index in [0.717, 1.165) is 17.7 Å². The number of imide groups is 1. The fourth-order valence-corrected chi connectivity index (χ4v) is 4.57. The van der Waals surface area contributed by atoms with Gasteiger partial charge >= 0.3 is 6.03 Å². The summed E-state index contributed by atoms with van der Waals surface area (Å²) in [5.74, 6) is -0.462. The molecule has 12 heteroatoms. The quantitative estimate of drug-likeness (QED) is 0.498. The predicted molar refractivity (Wildman–Crippen MR) is 117 cm³/mol. The van der Waals surface area contributed by atoms with Gasteiger partial charge in [0, 0.05) is 18.7 Å². The maximum absolute atomic E-state index is 14.0. The predicted octanol–water partition coefficient (Wildman–Crippen LogP) is 1.68. The van der Waals surface area contributed by atoms with E-state index in [1.54, 1.807) is 6.92 Å². The number of anilines is 1. The Morgan fingerprint density at radius 1 is 1.30 bits per heavy atom. The Morgan fingerprint density at radius 3 is 2.79 bits per heavy atom. The van der Waals surface area contributed by atoms with Gasteiger partial charge < -0.3 is 4.74 Å². The summed E-state index contributed by atoms with van der Waals surface area (Å²) in [6, 6.07) is 3.10. The van der Waals surface area contributed by atoms with Crippen molar-refractivity contribution in [1.82, 2.24) is 20.0 Å². The molecule has 0 radical (unpaired) electrons. The van der Waals surface area contributed by atoms with Crippen molar-refractivity contribution >= 4 is 27.8 Å². The molecule has 1 aromatic carbocycles. The normalized spacial score (nSPS) is 17.2. The number of aryl methyl sites for hydroxylation is 1. The molecule has 2 heterocycles. The van der Waals surface area contributed by atoms with Gasteiger partial charge in [-0.25, -0.2) is 27.3 Å². The Labute approximate surface area is 190 Å². The number of nitrogens with one attached hydrogen (secondary N) is 2. The number of amides is 3. The van der Waals surface area contributed by atoms with Crippen LogP contribution in [-0.4, -0.2) is 49.2 Å². The third-order valence-corrected chi connectivity index (χ3v) is 6.81. The van der Waals surface area contributed by atoms with Crippen molar-refractivity contribution in [3.05, 3.63) is 47.7 Å². The van der Waals surface area contributed by atoms with Gasteiger partial charge in [0.15, 0.2) is 17.4 Å². The number of hydrogen-bond donors (Lipinski definition) is 2. The second-order valence-corrected chi connectivity index (χ2v) is 10.0. The van der Waals surface area contributed by atoms with Crippen molar-refractivity contribution < 1.29 is 27.1 Å². The molecule has 4 rings (SSSR count). The van der Waals surface area contributed by atoms with Crippen LogP contribution >= 0.6 is 0 Å². The number of rotatable bonds is 10. The monoisotopic (exact) mass is 477 g/mol. The van der Waals surface area contributed by atoms with Crippen molar-refractivity contribution in [2.75, 3.05) is 23.8 Å². The van der Waals surface area contributed by atoms with Crippen LogP contribution in [0.5, 0.6) is 5.75 Å². The van der Waals surface area contributed by atoms with E-state index in [1.165, 1.54) is 30.6 Å². The second kappa shape index (κ2) is 9.40. The molecule has 1 saturated heterocycles. The van der Waals surface area contributed by atoms with Gasteiger partial charge in [-0.2, -0.15) is 0 Å². The maximum Gasteiger partial charge on any atom is 0.330 e. The number of carbonyl (C=O) groups is 2. The number of carbonyl (C=O) groups excluding carboxylic acids is 2. The molecule has 2 aromatic rings. The first-order valence-electron chi connectivity index (χ1n) is 10.5. The highest BCUT2D eigenvalue weighted by atomic mass is 32.2. The first-order valence-corrected chi connectivity index (χ1v) is 12.2. The Kier molecular flexibility index (Phi) is 6.56. The lowest BCUT2D eigenvalue weighted by atomic mass is 10.1. The number of benzene rings is 1. The molecule has 2 fully saturated rings. The summed E-state index contributed by atoms with van der Waals surface area (Å²) < 4.78 is 47.4. The largest absolute Gasteiger partial charge is 0.490 e. The van der Waals surface area contributed by atoms with E-state index in [9.17, 15) is 22.4 Å². The average molecular weight is 478 g/mol. The molecule has 2 aliphatic rings. The first-order chi connectivity index (χ1) is 15.7. The van der Waals surface area contributed by atoms with Crippen LogP contribution in [0, 0.1) is 11.7 Å². The van der Waals surface area contributed by atoms with Crippen LogP contribution in [0.25, 0.3) is 0 Å². The molecule has 0 unspecified atom stereocenters. The van der Waals surface area contributed by atoms with Crippen LogP contribution in [0.15, 0.2) is 30.6 Å². The molecule has 1 aliphatic carbocycles. The van der Waals surface area contributed by atoms with Crippen molar-refractivity contribution in [3.8, 4) is 5.75 Å². The molecule has 3 amide bonds. The lowest BCUT2D eigenvalue weighted by Gasteiger charge is -2.16. The number of halogens is 1. The zero-order valence-electron chi connectivity index (χ0n) is 18.0. The molecule has 2 N–H and O–H groups in total. The molecule has 0 spiro atoms. The van der Waals surface area contributed by atoms with Gasteiger partial charge in [0.2, 0.25) is 15.9 Å². The van der Waals surface area contributed by atoms with Crippen molar-refractivity contribution in [2.45, 2.75) is 32.2 Å². The number of hydrogen-bond acceptors (Lipinski definition) is 7. The molecule has 1 saturated carbocycles. The minimum atomic E-state index is -3.72. The summed E-state index contributed by atoms with van der Waals surface area (Å²) in [6.07, 6.45) is 4.93. The third kappa shape index (κ3) is 6.02. The Morgan fingerprint density at radius 2 is 2.09 bits per heavy atom. The van der Waals surface area contributed by atoms with Crippen LogP contribution < -0.4 is 19.7 Å².